The van der Waals surface area contributed by atoms with Gasteiger partial charge in [0.1, 0.15) is 11.8 Å². The lowest BCUT2D eigenvalue weighted by Crippen LogP contribution is -2.47. The van der Waals surface area contributed by atoms with Crippen LogP contribution in [0.3, 0.4) is 0 Å². The van der Waals surface area contributed by atoms with Crippen molar-refractivity contribution >= 4 is 11.8 Å². The molecular formula is C18H25N5O3. The highest BCUT2D eigenvalue weighted by molar-refractivity contribution is 5.96. The largest absolute Gasteiger partial charge is 0.454 e. The molecule has 2 aromatic heterocycles. The Morgan fingerprint density at radius 3 is 2.77 bits per heavy atom. The second-order valence-electron chi connectivity index (χ2n) is 6.45. The van der Waals surface area contributed by atoms with Crippen molar-refractivity contribution in [3.05, 3.63) is 42.1 Å². The van der Waals surface area contributed by atoms with Crippen LogP contribution in [0, 0.1) is 0 Å². The zero-order valence-electron chi connectivity index (χ0n) is 15.2. The molecule has 8 heteroatoms. The van der Waals surface area contributed by atoms with Crippen molar-refractivity contribution in [1.29, 1.82) is 0 Å². The molecule has 3 heterocycles. The summed E-state index contributed by atoms with van der Waals surface area (Å²) in [6, 6.07) is 4.49. The van der Waals surface area contributed by atoms with Gasteiger partial charge in [-0.1, -0.05) is 0 Å². The fraction of sp³-hybridized carbons (Fsp3) is 0.500. The number of nitrogens with zero attached hydrogens (tertiary/aromatic N) is 4. The van der Waals surface area contributed by atoms with Gasteiger partial charge in [-0.3, -0.25) is 14.3 Å². The lowest BCUT2D eigenvalue weighted by molar-refractivity contribution is -0.134. The van der Waals surface area contributed by atoms with Crippen LogP contribution in [0.15, 0.2) is 35.0 Å². The molecule has 0 bridgehead atoms. The van der Waals surface area contributed by atoms with Crippen molar-refractivity contribution in [3.63, 3.8) is 0 Å². The molecule has 2 N–H and O–H groups in total. The van der Waals surface area contributed by atoms with Gasteiger partial charge in [0.25, 0.3) is 5.91 Å². The molecule has 0 aliphatic carbocycles. The summed E-state index contributed by atoms with van der Waals surface area (Å²) in [4.78, 5) is 28.9. The van der Waals surface area contributed by atoms with Gasteiger partial charge in [-0.2, -0.15) is 5.10 Å². The molecule has 140 valence electrons. The molecule has 1 aliphatic heterocycles. The van der Waals surface area contributed by atoms with Gasteiger partial charge in [0, 0.05) is 38.1 Å². The van der Waals surface area contributed by atoms with Crippen LogP contribution in [0.5, 0.6) is 0 Å². The van der Waals surface area contributed by atoms with E-state index in [0.717, 1.165) is 0 Å². The minimum absolute atomic E-state index is 0.0559. The Hall–Kier alpha value is -2.61. The van der Waals surface area contributed by atoms with Gasteiger partial charge in [0.2, 0.25) is 5.91 Å². The van der Waals surface area contributed by atoms with Crippen LogP contribution in [0.4, 0.5) is 0 Å². The second-order valence-corrected chi connectivity index (χ2v) is 6.45. The molecule has 0 unspecified atom stereocenters. The first-order valence-corrected chi connectivity index (χ1v) is 8.95. The number of carbonyl (C=O) groups excluding carboxylic acids is 2. The molecule has 0 saturated carbocycles. The molecule has 1 fully saturated rings. The predicted molar refractivity (Wildman–Crippen MR) is 95.4 cm³/mol. The Bertz CT molecular complexity index is 751. The highest BCUT2D eigenvalue weighted by Crippen LogP contribution is 2.22. The third-order valence-corrected chi connectivity index (χ3v) is 4.70. The zero-order chi connectivity index (χ0) is 18.7. The lowest BCUT2D eigenvalue weighted by atomic mass is 10.1. The van der Waals surface area contributed by atoms with Gasteiger partial charge < -0.3 is 20.0 Å². The highest BCUT2D eigenvalue weighted by Gasteiger charge is 2.40. The Morgan fingerprint density at radius 2 is 2.12 bits per heavy atom. The number of hydrogen-bond acceptors (Lipinski definition) is 5. The minimum atomic E-state index is -0.530. The van der Waals surface area contributed by atoms with Crippen molar-refractivity contribution in [2.45, 2.75) is 38.9 Å². The smallest absolute Gasteiger partial charge is 0.290 e. The number of amides is 2. The Labute approximate surface area is 152 Å². The summed E-state index contributed by atoms with van der Waals surface area (Å²) in [5.74, 6) is 0.501. The molecule has 2 amide bonds. The third-order valence-electron chi connectivity index (χ3n) is 4.70. The van der Waals surface area contributed by atoms with Gasteiger partial charge in [0.15, 0.2) is 5.76 Å². The monoisotopic (exact) mass is 359 g/mol. The number of aromatic nitrogens is 2. The van der Waals surface area contributed by atoms with E-state index < -0.39 is 6.04 Å². The first kappa shape index (κ1) is 18.2. The van der Waals surface area contributed by atoms with Gasteiger partial charge in [-0.15, -0.1) is 0 Å². The molecule has 3 rings (SSSR count). The standard InChI is InChI=1S/C18H25N5O3/c1-3-21(4-2)17(24)15-10-13(19)11-23(15)18(25)16-7-6-14(26-16)12-22-9-5-8-20-22/h5-9,13,15H,3-4,10-12,19H2,1-2H3/t13-,15-/m0/s1. The summed E-state index contributed by atoms with van der Waals surface area (Å²) in [6.45, 7) is 5.87. The number of nitrogens with two attached hydrogens (primary N) is 1. The predicted octanol–water partition coefficient (Wildman–Crippen LogP) is 0.935. The maximum absolute atomic E-state index is 12.9. The van der Waals surface area contributed by atoms with Crippen LogP contribution in [0.2, 0.25) is 0 Å². The van der Waals surface area contributed by atoms with Crippen molar-refractivity contribution < 1.29 is 14.0 Å². The first-order valence-electron chi connectivity index (χ1n) is 8.95. The fourth-order valence-electron chi connectivity index (χ4n) is 3.35. The Kier molecular flexibility index (Phi) is 5.41. The zero-order valence-corrected chi connectivity index (χ0v) is 15.2. The molecule has 0 radical (unpaired) electrons. The number of likely N-dealkylation sites (tertiary alicyclic amines) is 1. The quantitative estimate of drug-likeness (QED) is 0.828. The van der Waals surface area contributed by atoms with Gasteiger partial charge >= 0.3 is 0 Å². The minimum Gasteiger partial charge on any atom is -0.454 e. The number of rotatable bonds is 6. The van der Waals surface area contributed by atoms with E-state index in [1.54, 1.807) is 32.8 Å². The van der Waals surface area contributed by atoms with Crippen molar-refractivity contribution in [2.24, 2.45) is 5.73 Å². The second kappa shape index (κ2) is 7.74. The molecule has 1 saturated heterocycles. The summed E-state index contributed by atoms with van der Waals surface area (Å²) in [5, 5.41) is 4.12. The van der Waals surface area contributed by atoms with Crippen LogP contribution in [0.25, 0.3) is 0 Å². The molecule has 2 aromatic rings. The lowest BCUT2D eigenvalue weighted by Gasteiger charge is -2.28. The van der Waals surface area contributed by atoms with E-state index in [2.05, 4.69) is 5.10 Å². The van der Waals surface area contributed by atoms with Crippen molar-refractivity contribution in [1.82, 2.24) is 19.6 Å². The van der Waals surface area contributed by atoms with Crippen LogP contribution in [-0.2, 0) is 11.3 Å². The maximum Gasteiger partial charge on any atom is 0.290 e. The van der Waals surface area contributed by atoms with Crippen molar-refractivity contribution in [2.75, 3.05) is 19.6 Å². The molecule has 26 heavy (non-hydrogen) atoms. The van der Waals surface area contributed by atoms with Crippen LogP contribution < -0.4 is 5.73 Å². The van der Waals surface area contributed by atoms with Gasteiger partial charge in [-0.25, -0.2) is 0 Å². The van der Waals surface area contributed by atoms with Crippen molar-refractivity contribution in [3.8, 4) is 0 Å². The van der Waals surface area contributed by atoms with E-state index in [-0.39, 0.29) is 23.6 Å². The van der Waals surface area contributed by atoms with Crippen LogP contribution in [-0.4, -0.2) is 63.1 Å². The van der Waals surface area contributed by atoms with Crippen LogP contribution >= 0.6 is 0 Å². The van der Waals surface area contributed by atoms with E-state index in [1.807, 2.05) is 26.1 Å². The summed E-state index contributed by atoms with van der Waals surface area (Å²) in [7, 11) is 0. The number of carbonyl (C=O) groups is 2. The maximum atomic E-state index is 12.9. The summed E-state index contributed by atoms with van der Waals surface area (Å²) in [5.41, 5.74) is 6.04. The SMILES string of the molecule is CCN(CC)C(=O)[C@@H]1C[C@H](N)CN1C(=O)c1ccc(Cn2cccn2)o1. The molecule has 1 aliphatic rings. The van der Waals surface area contributed by atoms with Crippen LogP contribution in [0.1, 0.15) is 36.6 Å². The number of likely N-dealkylation sites (N-methyl/N-ethyl adjacent to an activating group) is 1. The van der Waals surface area contributed by atoms with E-state index >= 15 is 0 Å². The average Bonchev–Trinajstić information content (AvgIpc) is 3.37. The van der Waals surface area contributed by atoms with Gasteiger partial charge in [0.05, 0.1) is 6.54 Å². The molecular weight excluding hydrogens is 334 g/mol. The molecule has 0 spiro atoms. The number of furan rings is 1. The average molecular weight is 359 g/mol. The summed E-state index contributed by atoms with van der Waals surface area (Å²) in [6.07, 6.45) is 3.98. The first-order chi connectivity index (χ1) is 12.5. The van der Waals surface area contributed by atoms with E-state index in [9.17, 15) is 9.59 Å². The summed E-state index contributed by atoms with van der Waals surface area (Å²) >= 11 is 0. The number of hydrogen-bond donors (Lipinski definition) is 1. The summed E-state index contributed by atoms with van der Waals surface area (Å²) < 4.78 is 7.40. The van der Waals surface area contributed by atoms with Gasteiger partial charge in [-0.05, 0) is 38.5 Å². The Balaban J connectivity index is 1.75. The van der Waals surface area contributed by atoms with E-state index in [0.29, 0.717) is 38.4 Å². The third kappa shape index (κ3) is 3.65. The van der Waals surface area contributed by atoms with E-state index in [4.69, 9.17) is 10.2 Å². The molecule has 8 nitrogen and oxygen atoms in total. The normalized spacial score (nSPS) is 19.7. The van der Waals surface area contributed by atoms with E-state index in [1.165, 1.54) is 0 Å². The highest BCUT2D eigenvalue weighted by atomic mass is 16.4. The molecule has 2 atom stereocenters. The topological polar surface area (TPSA) is 97.6 Å². The Morgan fingerprint density at radius 1 is 1.35 bits per heavy atom. The fourth-order valence-corrected chi connectivity index (χ4v) is 3.35. The molecule has 0 aromatic carbocycles.